The predicted molar refractivity (Wildman–Crippen MR) is 106 cm³/mol. The fourth-order valence-corrected chi connectivity index (χ4v) is 4.55. The Morgan fingerprint density at radius 1 is 0.733 bits per heavy atom. The van der Waals surface area contributed by atoms with Crippen LogP contribution in [-0.4, -0.2) is 39.8 Å². The van der Waals surface area contributed by atoms with Crippen molar-refractivity contribution in [3.8, 4) is 0 Å². The van der Waals surface area contributed by atoms with Gasteiger partial charge in [-0.25, -0.2) is 26.3 Å². The van der Waals surface area contributed by atoms with E-state index in [1.807, 2.05) is 0 Å². The van der Waals surface area contributed by atoms with Gasteiger partial charge in [0, 0.05) is 36.3 Å². The van der Waals surface area contributed by atoms with E-state index in [0.29, 0.717) is 11.1 Å². The first-order valence-corrected chi connectivity index (χ1v) is 11.3. The number of rotatable bonds is 9. The highest BCUT2D eigenvalue weighted by Gasteiger charge is 2.21. The number of nitrogens with one attached hydrogen (secondary N) is 2. The Balaban J connectivity index is 2.07. The van der Waals surface area contributed by atoms with E-state index < -0.39 is 29.9 Å². The number of nitro benzene ring substituents is 2. The molecule has 0 spiro atoms. The molecule has 0 aliphatic carbocycles. The minimum absolute atomic E-state index is 0.291. The molecule has 0 bridgehead atoms. The topological polar surface area (TPSA) is 179 Å². The number of hydrogen-bond donors (Lipinski definition) is 2. The zero-order valence-corrected chi connectivity index (χ0v) is 17.5. The van der Waals surface area contributed by atoms with Crippen LogP contribution in [0, 0.1) is 34.1 Å². The van der Waals surface area contributed by atoms with Crippen LogP contribution in [0.3, 0.4) is 0 Å². The molecule has 0 fully saturated rings. The van der Waals surface area contributed by atoms with E-state index in [9.17, 15) is 37.1 Å². The molecule has 2 aromatic carbocycles. The molecule has 2 aromatic rings. The molecule has 0 amide bonds. The van der Waals surface area contributed by atoms with Gasteiger partial charge in [-0.1, -0.05) is 12.1 Å². The van der Waals surface area contributed by atoms with Crippen LogP contribution in [0.5, 0.6) is 0 Å². The Bertz CT molecular complexity index is 1110. The summed E-state index contributed by atoms with van der Waals surface area (Å²) in [6.07, 6.45) is 0. The molecular formula is C16H18N4O8S2. The Labute approximate surface area is 172 Å². The summed E-state index contributed by atoms with van der Waals surface area (Å²) in [5.74, 6) is 0. The van der Waals surface area contributed by atoms with Gasteiger partial charge < -0.3 is 0 Å². The van der Waals surface area contributed by atoms with Gasteiger partial charge in [0.15, 0.2) is 0 Å². The highest BCUT2D eigenvalue weighted by molar-refractivity contribution is 7.90. The van der Waals surface area contributed by atoms with Crippen molar-refractivity contribution < 1.29 is 26.7 Å². The predicted octanol–water partition coefficient (Wildman–Crippen LogP) is 1.38. The normalized spacial score (nSPS) is 11.9. The first kappa shape index (κ1) is 23.3. The fraction of sp³-hybridized carbons (Fsp3) is 0.250. The van der Waals surface area contributed by atoms with E-state index in [4.69, 9.17) is 0 Å². The molecule has 0 saturated heterocycles. The highest BCUT2D eigenvalue weighted by atomic mass is 32.2. The second-order valence-corrected chi connectivity index (χ2v) is 9.74. The number of nitrogens with zero attached hydrogens (tertiary/aromatic N) is 2. The van der Waals surface area contributed by atoms with Gasteiger partial charge in [0.1, 0.15) is 0 Å². The van der Waals surface area contributed by atoms with Gasteiger partial charge in [0.25, 0.3) is 11.4 Å². The SMILES string of the molecule is Cc1ccc(S(=O)(=O)NCCNS(=O)(=O)c2ccc(C)c([N+](=O)[O-])c2)cc1[N+](=O)[O-]. The molecule has 0 aromatic heterocycles. The Morgan fingerprint density at radius 2 is 1.07 bits per heavy atom. The quantitative estimate of drug-likeness (QED) is 0.321. The average Bonchev–Trinajstić information content (AvgIpc) is 2.65. The first-order chi connectivity index (χ1) is 13.8. The lowest BCUT2D eigenvalue weighted by atomic mass is 10.2. The number of benzene rings is 2. The standard InChI is InChI=1S/C16H18N4O8S2/c1-11-3-5-13(9-15(11)19(21)22)29(25,26)17-7-8-18-30(27,28)14-6-4-12(2)16(10-14)20(23)24/h3-6,9-10,17-18H,7-8H2,1-2H3. The first-order valence-electron chi connectivity index (χ1n) is 8.34. The lowest BCUT2D eigenvalue weighted by molar-refractivity contribution is -0.385. The number of sulfonamides is 2. The molecule has 2 rings (SSSR count). The van der Waals surface area contributed by atoms with Crippen LogP contribution < -0.4 is 9.44 Å². The fourth-order valence-electron chi connectivity index (χ4n) is 2.44. The van der Waals surface area contributed by atoms with Gasteiger partial charge in [-0.15, -0.1) is 0 Å². The maximum Gasteiger partial charge on any atom is 0.273 e. The summed E-state index contributed by atoms with van der Waals surface area (Å²) < 4.78 is 53.4. The van der Waals surface area contributed by atoms with Gasteiger partial charge in [-0.2, -0.15) is 0 Å². The van der Waals surface area contributed by atoms with Crippen molar-refractivity contribution >= 4 is 31.4 Å². The van der Waals surface area contributed by atoms with Gasteiger partial charge in [0.2, 0.25) is 20.0 Å². The highest BCUT2D eigenvalue weighted by Crippen LogP contribution is 2.23. The second kappa shape index (κ2) is 8.83. The van der Waals surface area contributed by atoms with E-state index in [0.717, 1.165) is 12.1 Å². The number of aryl methyl sites for hydroxylation is 2. The third kappa shape index (κ3) is 5.35. The van der Waals surface area contributed by atoms with Crippen molar-refractivity contribution in [1.82, 2.24) is 9.44 Å². The van der Waals surface area contributed by atoms with E-state index in [-0.39, 0.29) is 34.3 Å². The maximum atomic E-state index is 12.3. The maximum absolute atomic E-state index is 12.3. The molecule has 0 atom stereocenters. The molecule has 0 unspecified atom stereocenters. The average molecular weight is 458 g/mol. The van der Waals surface area contributed by atoms with Gasteiger partial charge in [-0.05, 0) is 26.0 Å². The van der Waals surface area contributed by atoms with Gasteiger partial charge in [0.05, 0.1) is 19.6 Å². The molecule has 0 aliphatic heterocycles. The summed E-state index contributed by atoms with van der Waals surface area (Å²) in [7, 11) is -8.24. The molecule has 162 valence electrons. The molecule has 0 aliphatic rings. The van der Waals surface area contributed by atoms with Gasteiger partial charge in [-0.3, -0.25) is 20.2 Å². The minimum atomic E-state index is -4.12. The van der Waals surface area contributed by atoms with E-state index >= 15 is 0 Å². The van der Waals surface area contributed by atoms with Crippen LogP contribution in [0.2, 0.25) is 0 Å². The molecule has 30 heavy (non-hydrogen) atoms. The monoisotopic (exact) mass is 458 g/mol. The van der Waals surface area contributed by atoms with Crippen LogP contribution in [0.4, 0.5) is 11.4 Å². The van der Waals surface area contributed by atoms with Crippen LogP contribution in [-0.2, 0) is 20.0 Å². The molecular weight excluding hydrogens is 440 g/mol. The van der Waals surface area contributed by atoms with Crippen molar-refractivity contribution in [2.45, 2.75) is 23.6 Å². The van der Waals surface area contributed by atoms with Crippen molar-refractivity contribution in [3.05, 3.63) is 67.8 Å². The summed E-state index contributed by atoms with van der Waals surface area (Å²) >= 11 is 0. The van der Waals surface area contributed by atoms with Crippen molar-refractivity contribution in [2.75, 3.05) is 13.1 Å². The number of nitro groups is 2. The van der Waals surface area contributed by atoms with Crippen LogP contribution >= 0.6 is 0 Å². The third-order valence-electron chi connectivity index (χ3n) is 4.08. The lowest BCUT2D eigenvalue weighted by Gasteiger charge is -2.09. The Morgan fingerprint density at radius 3 is 1.37 bits per heavy atom. The summed E-state index contributed by atoms with van der Waals surface area (Å²) in [5.41, 5.74) is -0.142. The summed E-state index contributed by atoms with van der Waals surface area (Å²) in [4.78, 5) is 19.8. The summed E-state index contributed by atoms with van der Waals surface area (Å²) in [6.45, 7) is 2.23. The summed E-state index contributed by atoms with van der Waals surface area (Å²) in [6, 6.07) is 6.79. The zero-order valence-electron chi connectivity index (χ0n) is 15.9. The number of hydrogen-bond acceptors (Lipinski definition) is 8. The van der Waals surface area contributed by atoms with Crippen LogP contribution in [0.1, 0.15) is 11.1 Å². The van der Waals surface area contributed by atoms with Crippen molar-refractivity contribution in [1.29, 1.82) is 0 Å². The molecule has 0 saturated carbocycles. The molecule has 12 nitrogen and oxygen atoms in total. The third-order valence-corrected chi connectivity index (χ3v) is 7.00. The van der Waals surface area contributed by atoms with Gasteiger partial charge >= 0.3 is 0 Å². The Hall–Kier alpha value is -2.94. The molecule has 2 N–H and O–H groups in total. The zero-order chi connectivity index (χ0) is 22.7. The Kier molecular flexibility index (Phi) is 6.87. The van der Waals surface area contributed by atoms with Crippen molar-refractivity contribution in [3.63, 3.8) is 0 Å². The lowest BCUT2D eigenvalue weighted by Crippen LogP contribution is -2.34. The van der Waals surface area contributed by atoms with Crippen LogP contribution in [0.25, 0.3) is 0 Å². The second-order valence-electron chi connectivity index (χ2n) is 6.21. The largest absolute Gasteiger partial charge is 0.273 e. The van der Waals surface area contributed by atoms with E-state index in [2.05, 4.69) is 9.44 Å². The van der Waals surface area contributed by atoms with E-state index in [1.165, 1.54) is 38.1 Å². The smallest absolute Gasteiger partial charge is 0.258 e. The minimum Gasteiger partial charge on any atom is -0.258 e. The van der Waals surface area contributed by atoms with Crippen LogP contribution in [0.15, 0.2) is 46.2 Å². The van der Waals surface area contributed by atoms with Crippen molar-refractivity contribution in [2.24, 2.45) is 0 Å². The summed E-state index contributed by atoms with van der Waals surface area (Å²) in [5, 5.41) is 21.9. The molecule has 0 radical (unpaired) electrons. The molecule has 14 heteroatoms. The van der Waals surface area contributed by atoms with E-state index in [1.54, 1.807) is 0 Å². The molecule has 0 heterocycles.